The first-order chi connectivity index (χ1) is 17.5. The molecule has 1 N–H and O–H groups in total. The molecule has 1 saturated heterocycles. The van der Waals surface area contributed by atoms with Crippen LogP contribution in [0.3, 0.4) is 0 Å². The van der Waals surface area contributed by atoms with E-state index in [0.29, 0.717) is 6.54 Å². The van der Waals surface area contributed by atoms with Crippen LogP contribution in [0, 0.1) is 0 Å². The molecular formula is C27H32N6O2S. The summed E-state index contributed by atoms with van der Waals surface area (Å²) in [5, 5.41) is 4.72. The lowest BCUT2D eigenvalue weighted by Gasteiger charge is -2.42. The molecule has 0 unspecified atom stereocenters. The fourth-order valence-electron chi connectivity index (χ4n) is 5.27. The van der Waals surface area contributed by atoms with Crippen molar-refractivity contribution in [3.63, 3.8) is 0 Å². The summed E-state index contributed by atoms with van der Waals surface area (Å²) in [6.45, 7) is 9.35. The summed E-state index contributed by atoms with van der Waals surface area (Å²) in [7, 11) is 3.91. The van der Waals surface area contributed by atoms with Crippen LogP contribution in [0.5, 0.6) is 5.75 Å². The molecule has 0 spiro atoms. The molecule has 6 rings (SSSR count). The third-order valence-corrected chi connectivity index (χ3v) is 8.66. The van der Waals surface area contributed by atoms with Crippen LogP contribution >= 0.6 is 11.3 Å². The number of thiophene rings is 1. The van der Waals surface area contributed by atoms with E-state index in [9.17, 15) is 0 Å². The number of methoxy groups -OCH3 is 1. The summed E-state index contributed by atoms with van der Waals surface area (Å²) in [5.41, 5.74) is 4.83. The molecule has 4 aromatic rings. The molecule has 0 amide bonds. The van der Waals surface area contributed by atoms with Gasteiger partial charge in [-0.05, 0) is 38.9 Å². The number of pyridine rings is 1. The fourth-order valence-corrected chi connectivity index (χ4v) is 6.39. The molecule has 188 valence electrons. The van der Waals surface area contributed by atoms with Crippen LogP contribution in [0.25, 0.3) is 20.4 Å². The molecular weight excluding hydrogens is 472 g/mol. The Kier molecular flexibility index (Phi) is 5.94. The molecule has 0 radical (unpaired) electrons. The van der Waals surface area contributed by atoms with Gasteiger partial charge in [-0.15, -0.1) is 11.3 Å². The van der Waals surface area contributed by atoms with Gasteiger partial charge in [0.2, 0.25) is 0 Å². The highest BCUT2D eigenvalue weighted by Crippen LogP contribution is 2.44. The molecule has 0 saturated carbocycles. The van der Waals surface area contributed by atoms with Crippen molar-refractivity contribution in [1.29, 1.82) is 0 Å². The molecule has 0 bridgehead atoms. The van der Waals surface area contributed by atoms with Crippen molar-refractivity contribution >= 4 is 43.4 Å². The highest BCUT2D eigenvalue weighted by molar-refractivity contribution is 7.26. The topological polar surface area (TPSA) is 75.6 Å². The Morgan fingerprint density at radius 1 is 1.14 bits per heavy atom. The molecule has 2 aliphatic rings. The standard InChI is InChI=1S/C27H32N6O2S/c1-27(2)13-18-19(15-32(27)3)25(33-9-11-35-12-10-33)31-26-21(18)22-23(36-26)24(30-16-29-22)28-14-17-7-5-6-8-20(17)34-4/h5-8,16H,9-15H2,1-4H3,(H,28,29,30). The zero-order valence-corrected chi connectivity index (χ0v) is 22.1. The van der Waals surface area contributed by atoms with Gasteiger partial charge < -0.3 is 19.7 Å². The normalized spacial score (nSPS) is 17.9. The van der Waals surface area contributed by atoms with Gasteiger partial charge in [0.1, 0.15) is 28.5 Å². The van der Waals surface area contributed by atoms with E-state index in [0.717, 1.165) is 77.3 Å². The van der Waals surface area contributed by atoms with Crippen LogP contribution in [-0.4, -0.2) is 65.9 Å². The van der Waals surface area contributed by atoms with Gasteiger partial charge in [0, 0.05) is 48.2 Å². The quantitative estimate of drug-likeness (QED) is 0.427. The van der Waals surface area contributed by atoms with E-state index in [-0.39, 0.29) is 5.54 Å². The van der Waals surface area contributed by atoms with Gasteiger partial charge in [-0.1, -0.05) is 18.2 Å². The number of hydrogen-bond acceptors (Lipinski definition) is 9. The number of benzene rings is 1. The van der Waals surface area contributed by atoms with Crippen LogP contribution in [-0.2, 0) is 24.2 Å². The maximum absolute atomic E-state index is 5.64. The summed E-state index contributed by atoms with van der Waals surface area (Å²) in [6, 6.07) is 8.06. The van der Waals surface area contributed by atoms with E-state index in [1.54, 1.807) is 24.8 Å². The first kappa shape index (κ1) is 23.4. The number of fused-ring (bicyclic) bond motifs is 5. The molecule has 8 nitrogen and oxygen atoms in total. The molecule has 1 aromatic carbocycles. The number of morpholine rings is 1. The van der Waals surface area contributed by atoms with Crippen molar-refractivity contribution in [2.45, 2.75) is 38.9 Å². The largest absolute Gasteiger partial charge is 0.496 e. The highest BCUT2D eigenvalue weighted by atomic mass is 32.1. The Balaban J connectivity index is 1.49. The van der Waals surface area contributed by atoms with E-state index in [1.807, 2.05) is 18.2 Å². The third kappa shape index (κ3) is 3.95. The predicted octanol–water partition coefficient (Wildman–Crippen LogP) is 4.46. The highest BCUT2D eigenvalue weighted by Gasteiger charge is 2.35. The number of nitrogens with zero attached hydrogens (tertiary/aromatic N) is 5. The minimum atomic E-state index is 0.0514. The summed E-state index contributed by atoms with van der Waals surface area (Å²) in [4.78, 5) is 20.5. The monoisotopic (exact) mass is 504 g/mol. The van der Waals surface area contributed by atoms with Gasteiger partial charge in [-0.25, -0.2) is 15.0 Å². The molecule has 5 heterocycles. The molecule has 0 aliphatic carbocycles. The van der Waals surface area contributed by atoms with Crippen molar-refractivity contribution in [2.24, 2.45) is 0 Å². The van der Waals surface area contributed by atoms with Crippen molar-refractivity contribution in [3.8, 4) is 5.75 Å². The van der Waals surface area contributed by atoms with Crippen molar-refractivity contribution in [2.75, 3.05) is 50.7 Å². The maximum Gasteiger partial charge on any atom is 0.147 e. The van der Waals surface area contributed by atoms with Gasteiger partial charge in [-0.3, -0.25) is 4.90 Å². The van der Waals surface area contributed by atoms with Crippen molar-refractivity contribution < 1.29 is 9.47 Å². The SMILES string of the molecule is COc1ccccc1CNc1ncnc2c1sc1nc(N3CCOCC3)c3c(c12)CC(C)(C)N(C)C3. The molecule has 9 heteroatoms. The maximum atomic E-state index is 5.64. The number of nitrogens with one attached hydrogen (secondary N) is 1. The van der Waals surface area contributed by atoms with Gasteiger partial charge in [0.05, 0.1) is 30.5 Å². The Labute approximate surface area is 215 Å². The number of likely N-dealkylation sites (N-methyl/N-ethyl adjacent to an activating group) is 1. The Morgan fingerprint density at radius 2 is 1.94 bits per heavy atom. The van der Waals surface area contributed by atoms with Crippen LogP contribution in [0.4, 0.5) is 11.6 Å². The van der Waals surface area contributed by atoms with Crippen LogP contribution in [0.1, 0.15) is 30.5 Å². The average molecular weight is 505 g/mol. The second-order valence-electron chi connectivity index (χ2n) is 10.2. The second kappa shape index (κ2) is 9.14. The van der Waals surface area contributed by atoms with Gasteiger partial charge in [0.15, 0.2) is 0 Å². The lowest BCUT2D eigenvalue weighted by atomic mass is 9.84. The van der Waals surface area contributed by atoms with Crippen LogP contribution in [0.2, 0.25) is 0 Å². The fraction of sp³-hybridized carbons (Fsp3) is 0.444. The minimum Gasteiger partial charge on any atom is -0.496 e. The van der Waals surface area contributed by atoms with Crippen molar-refractivity contribution in [1.82, 2.24) is 19.9 Å². The van der Waals surface area contributed by atoms with E-state index in [4.69, 9.17) is 19.4 Å². The number of aromatic nitrogens is 3. The third-order valence-electron chi connectivity index (χ3n) is 7.58. The molecule has 2 aliphatic heterocycles. The zero-order chi connectivity index (χ0) is 24.9. The van der Waals surface area contributed by atoms with E-state index < -0.39 is 0 Å². The minimum absolute atomic E-state index is 0.0514. The van der Waals surface area contributed by atoms with E-state index in [2.05, 4.69) is 47.1 Å². The lowest BCUT2D eigenvalue weighted by molar-refractivity contribution is 0.120. The van der Waals surface area contributed by atoms with Crippen LogP contribution < -0.4 is 15.0 Å². The number of para-hydroxylation sites is 1. The first-order valence-corrected chi connectivity index (χ1v) is 13.3. The van der Waals surface area contributed by atoms with Gasteiger partial charge in [-0.2, -0.15) is 0 Å². The second-order valence-corrected chi connectivity index (χ2v) is 11.2. The first-order valence-electron chi connectivity index (χ1n) is 12.4. The van der Waals surface area contributed by atoms with Crippen molar-refractivity contribution in [3.05, 3.63) is 47.3 Å². The lowest BCUT2D eigenvalue weighted by Crippen LogP contribution is -2.47. The van der Waals surface area contributed by atoms with E-state index in [1.165, 1.54) is 16.5 Å². The summed E-state index contributed by atoms with van der Waals surface area (Å²) in [5.74, 6) is 2.80. The molecule has 1 fully saturated rings. The number of ether oxygens (including phenoxy) is 2. The number of hydrogen-bond donors (Lipinski definition) is 1. The zero-order valence-electron chi connectivity index (χ0n) is 21.3. The predicted molar refractivity (Wildman–Crippen MR) is 145 cm³/mol. The van der Waals surface area contributed by atoms with Gasteiger partial charge in [0.25, 0.3) is 0 Å². The van der Waals surface area contributed by atoms with Crippen LogP contribution in [0.15, 0.2) is 30.6 Å². The molecule has 36 heavy (non-hydrogen) atoms. The van der Waals surface area contributed by atoms with E-state index >= 15 is 0 Å². The number of rotatable bonds is 5. The summed E-state index contributed by atoms with van der Waals surface area (Å²) < 4.78 is 12.2. The number of anilines is 2. The molecule has 3 aromatic heterocycles. The smallest absolute Gasteiger partial charge is 0.147 e. The van der Waals surface area contributed by atoms with Gasteiger partial charge >= 0.3 is 0 Å². The summed E-state index contributed by atoms with van der Waals surface area (Å²) in [6.07, 6.45) is 2.62. The Bertz CT molecular complexity index is 1430. The summed E-state index contributed by atoms with van der Waals surface area (Å²) >= 11 is 1.68. The Hall–Kier alpha value is -3.01. The Morgan fingerprint density at radius 3 is 2.75 bits per heavy atom. The average Bonchev–Trinajstić information content (AvgIpc) is 3.28. The molecule has 0 atom stereocenters.